The van der Waals surface area contributed by atoms with Crippen molar-refractivity contribution in [3.05, 3.63) is 35.4 Å². The SMILES string of the molecule is Cc1ccccc1C(=O)NC(CC(C)C)C(=O)NCC(=O)NC(C)C. The van der Waals surface area contributed by atoms with Gasteiger partial charge < -0.3 is 16.0 Å². The van der Waals surface area contributed by atoms with Crippen LogP contribution in [-0.4, -0.2) is 36.3 Å². The second-order valence-corrected chi connectivity index (χ2v) is 6.91. The lowest BCUT2D eigenvalue weighted by Gasteiger charge is -2.21. The maximum Gasteiger partial charge on any atom is 0.252 e. The van der Waals surface area contributed by atoms with E-state index in [4.69, 9.17) is 0 Å². The lowest BCUT2D eigenvalue weighted by Crippen LogP contribution is -2.50. The smallest absolute Gasteiger partial charge is 0.252 e. The first kappa shape index (κ1) is 20.7. The summed E-state index contributed by atoms with van der Waals surface area (Å²) in [7, 11) is 0. The Labute approximate surface area is 149 Å². The topological polar surface area (TPSA) is 87.3 Å². The van der Waals surface area contributed by atoms with Crippen LogP contribution in [0.15, 0.2) is 24.3 Å². The fourth-order valence-corrected chi connectivity index (χ4v) is 2.43. The molecule has 0 aliphatic rings. The summed E-state index contributed by atoms with van der Waals surface area (Å²) in [6.45, 7) is 9.40. The summed E-state index contributed by atoms with van der Waals surface area (Å²) in [6, 6.07) is 6.55. The van der Waals surface area contributed by atoms with E-state index >= 15 is 0 Å². The first-order valence-corrected chi connectivity index (χ1v) is 8.64. The molecule has 138 valence electrons. The summed E-state index contributed by atoms with van der Waals surface area (Å²) >= 11 is 0. The highest BCUT2D eigenvalue weighted by Gasteiger charge is 2.23. The molecule has 6 heteroatoms. The van der Waals surface area contributed by atoms with E-state index in [1.54, 1.807) is 12.1 Å². The molecule has 0 bridgehead atoms. The minimum Gasteiger partial charge on any atom is -0.352 e. The third-order valence-corrected chi connectivity index (χ3v) is 3.59. The molecule has 3 N–H and O–H groups in total. The molecule has 0 heterocycles. The Bertz CT molecular complexity index is 612. The van der Waals surface area contributed by atoms with Gasteiger partial charge in [-0.2, -0.15) is 0 Å². The van der Waals surface area contributed by atoms with Crippen molar-refractivity contribution in [3.63, 3.8) is 0 Å². The molecule has 6 nitrogen and oxygen atoms in total. The van der Waals surface area contributed by atoms with E-state index < -0.39 is 6.04 Å². The predicted molar refractivity (Wildman–Crippen MR) is 98.2 cm³/mol. The van der Waals surface area contributed by atoms with Crippen LogP contribution in [0.3, 0.4) is 0 Å². The van der Waals surface area contributed by atoms with Crippen LogP contribution in [-0.2, 0) is 9.59 Å². The van der Waals surface area contributed by atoms with Gasteiger partial charge >= 0.3 is 0 Å². The number of amides is 3. The molecule has 0 aromatic heterocycles. The summed E-state index contributed by atoms with van der Waals surface area (Å²) in [4.78, 5) is 36.6. The van der Waals surface area contributed by atoms with Crippen LogP contribution in [0.5, 0.6) is 0 Å². The van der Waals surface area contributed by atoms with Crippen LogP contribution >= 0.6 is 0 Å². The van der Waals surface area contributed by atoms with Crippen molar-refractivity contribution < 1.29 is 14.4 Å². The van der Waals surface area contributed by atoms with Crippen LogP contribution in [0.2, 0.25) is 0 Å². The lowest BCUT2D eigenvalue weighted by atomic mass is 10.0. The molecule has 3 amide bonds. The van der Waals surface area contributed by atoms with E-state index in [-0.39, 0.29) is 36.2 Å². The molecule has 1 aromatic rings. The summed E-state index contributed by atoms with van der Waals surface area (Å²) < 4.78 is 0. The number of hydrogen-bond acceptors (Lipinski definition) is 3. The monoisotopic (exact) mass is 347 g/mol. The minimum atomic E-state index is -0.682. The van der Waals surface area contributed by atoms with Crippen LogP contribution in [0, 0.1) is 12.8 Å². The van der Waals surface area contributed by atoms with Crippen molar-refractivity contribution in [3.8, 4) is 0 Å². The highest BCUT2D eigenvalue weighted by atomic mass is 16.2. The Balaban J connectivity index is 2.73. The molecule has 0 saturated heterocycles. The van der Waals surface area contributed by atoms with Crippen molar-refractivity contribution in [2.24, 2.45) is 5.92 Å². The molecule has 0 radical (unpaired) electrons. The molecule has 0 saturated carbocycles. The Morgan fingerprint density at radius 1 is 1.00 bits per heavy atom. The number of hydrogen-bond donors (Lipinski definition) is 3. The second kappa shape index (κ2) is 9.81. The van der Waals surface area contributed by atoms with E-state index in [1.807, 2.05) is 46.8 Å². The van der Waals surface area contributed by atoms with Gasteiger partial charge in [-0.05, 0) is 44.7 Å². The van der Waals surface area contributed by atoms with Crippen molar-refractivity contribution in [2.75, 3.05) is 6.54 Å². The summed E-state index contributed by atoms with van der Waals surface area (Å²) in [5.74, 6) is -0.672. The zero-order chi connectivity index (χ0) is 19.0. The van der Waals surface area contributed by atoms with Gasteiger partial charge in [-0.3, -0.25) is 14.4 Å². The summed E-state index contributed by atoms with van der Waals surface area (Å²) in [5, 5.41) is 8.10. The summed E-state index contributed by atoms with van der Waals surface area (Å²) in [5.41, 5.74) is 1.39. The van der Waals surface area contributed by atoms with Gasteiger partial charge in [0.1, 0.15) is 6.04 Å². The normalized spacial score (nSPS) is 12.0. The average Bonchev–Trinajstić information content (AvgIpc) is 2.51. The number of aryl methyl sites for hydroxylation is 1. The van der Waals surface area contributed by atoms with Gasteiger partial charge in [0.2, 0.25) is 11.8 Å². The van der Waals surface area contributed by atoms with Crippen molar-refractivity contribution in [1.29, 1.82) is 0 Å². The molecular formula is C19H29N3O3. The fraction of sp³-hybridized carbons (Fsp3) is 0.526. The van der Waals surface area contributed by atoms with Crippen molar-refractivity contribution in [2.45, 2.75) is 53.1 Å². The number of carbonyl (C=O) groups excluding carboxylic acids is 3. The molecule has 1 atom stereocenters. The largest absolute Gasteiger partial charge is 0.352 e. The third kappa shape index (κ3) is 7.37. The number of rotatable bonds is 8. The Morgan fingerprint density at radius 2 is 1.64 bits per heavy atom. The molecule has 1 rings (SSSR count). The average molecular weight is 347 g/mol. The third-order valence-electron chi connectivity index (χ3n) is 3.59. The zero-order valence-corrected chi connectivity index (χ0v) is 15.7. The van der Waals surface area contributed by atoms with Gasteiger partial charge in [-0.15, -0.1) is 0 Å². The zero-order valence-electron chi connectivity index (χ0n) is 15.7. The Hall–Kier alpha value is -2.37. The molecule has 0 spiro atoms. The lowest BCUT2D eigenvalue weighted by molar-refractivity contribution is -0.127. The van der Waals surface area contributed by atoms with Gasteiger partial charge in [-0.1, -0.05) is 32.0 Å². The molecule has 0 aliphatic heterocycles. The van der Waals surface area contributed by atoms with Crippen LogP contribution in [0.4, 0.5) is 0 Å². The molecular weight excluding hydrogens is 318 g/mol. The van der Waals surface area contributed by atoms with Gasteiger partial charge in [-0.25, -0.2) is 0 Å². The molecule has 25 heavy (non-hydrogen) atoms. The minimum absolute atomic E-state index is 0.0108. The first-order valence-electron chi connectivity index (χ1n) is 8.64. The van der Waals surface area contributed by atoms with E-state index in [1.165, 1.54) is 0 Å². The van der Waals surface area contributed by atoms with Gasteiger partial charge in [0, 0.05) is 11.6 Å². The maximum absolute atomic E-state index is 12.5. The Kier molecular flexibility index (Phi) is 8.11. The van der Waals surface area contributed by atoms with Crippen molar-refractivity contribution >= 4 is 17.7 Å². The predicted octanol–water partition coefficient (Wildman–Crippen LogP) is 1.78. The quantitative estimate of drug-likeness (QED) is 0.670. The van der Waals surface area contributed by atoms with E-state index in [0.29, 0.717) is 12.0 Å². The number of benzene rings is 1. The second-order valence-electron chi connectivity index (χ2n) is 6.91. The summed E-state index contributed by atoms with van der Waals surface area (Å²) in [6.07, 6.45) is 0.495. The Morgan fingerprint density at radius 3 is 2.20 bits per heavy atom. The molecule has 0 aliphatic carbocycles. The molecule has 1 unspecified atom stereocenters. The van der Waals surface area contributed by atoms with Gasteiger partial charge in [0.05, 0.1) is 6.54 Å². The standard InChI is InChI=1S/C19H29N3O3/c1-12(2)10-16(19(25)20-11-17(23)21-13(3)4)22-18(24)15-9-7-6-8-14(15)5/h6-9,12-13,16H,10-11H2,1-5H3,(H,20,25)(H,21,23)(H,22,24). The molecule has 1 aromatic carbocycles. The van der Waals surface area contributed by atoms with Gasteiger partial charge in [0.25, 0.3) is 5.91 Å². The maximum atomic E-state index is 12.5. The van der Waals surface area contributed by atoms with E-state index in [0.717, 1.165) is 5.56 Å². The highest BCUT2D eigenvalue weighted by Crippen LogP contribution is 2.10. The highest BCUT2D eigenvalue weighted by molar-refractivity contribution is 5.99. The molecule has 0 fully saturated rings. The van der Waals surface area contributed by atoms with Gasteiger partial charge in [0.15, 0.2) is 0 Å². The number of carbonyl (C=O) groups is 3. The van der Waals surface area contributed by atoms with Crippen LogP contribution in [0.25, 0.3) is 0 Å². The van der Waals surface area contributed by atoms with E-state index in [2.05, 4.69) is 16.0 Å². The first-order chi connectivity index (χ1) is 11.7. The van der Waals surface area contributed by atoms with Crippen LogP contribution < -0.4 is 16.0 Å². The van der Waals surface area contributed by atoms with E-state index in [9.17, 15) is 14.4 Å². The van der Waals surface area contributed by atoms with Crippen LogP contribution in [0.1, 0.15) is 50.0 Å². The van der Waals surface area contributed by atoms with Crippen molar-refractivity contribution in [1.82, 2.24) is 16.0 Å². The number of nitrogens with one attached hydrogen (secondary N) is 3. The fourth-order valence-electron chi connectivity index (χ4n) is 2.43.